The number of carboxylic acids is 1. The number of hydrogen-bond acceptors (Lipinski definition) is 2. The van der Waals surface area contributed by atoms with Crippen molar-refractivity contribution in [2.75, 3.05) is 0 Å². The summed E-state index contributed by atoms with van der Waals surface area (Å²) < 4.78 is 5.49. The Morgan fingerprint density at radius 1 is 1.31 bits per heavy atom. The normalized spacial score (nSPS) is 11.3. The van der Waals surface area contributed by atoms with Crippen LogP contribution in [0.15, 0.2) is 28.7 Å². The van der Waals surface area contributed by atoms with Gasteiger partial charge in [0.2, 0.25) is 0 Å². The maximum Gasteiger partial charge on any atom is 0.352 e. The van der Waals surface area contributed by atoms with Crippen molar-refractivity contribution in [3.8, 4) is 0 Å². The lowest BCUT2D eigenvalue weighted by molar-refractivity contribution is 0.0691. The van der Waals surface area contributed by atoms with Crippen molar-refractivity contribution in [3.63, 3.8) is 0 Å². The van der Waals surface area contributed by atoms with Crippen molar-refractivity contribution in [1.82, 2.24) is 4.98 Å². The zero-order valence-corrected chi connectivity index (χ0v) is 8.71. The lowest BCUT2D eigenvalue weighted by atomic mass is 10.2. The molecule has 0 atom stereocenters. The van der Waals surface area contributed by atoms with Gasteiger partial charge < -0.3 is 14.5 Å². The highest BCUT2D eigenvalue weighted by Gasteiger charge is 2.13. The van der Waals surface area contributed by atoms with Gasteiger partial charge in [-0.05, 0) is 18.2 Å². The number of halogens is 1. The highest BCUT2D eigenvalue weighted by molar-refractivity contribution is 6.31. The SMILES string of the molecule is O=C(O)c1cc2oc3ccc(Cl)cc3c2[nH]1. The molecule has 0 saturated carbocycles. The van der Waals surface area contributed by atoms with E-state index in [9.17, 15) is 4.79 Å². The van der Waals surface area contributed by atoms with Crippen molar-refractivity contribution >= 4 is 39.6 Å². The van der Waals surface area contributed by atoms with E-state index >= 15 is 0 Å². The van der Waals surface area contributed by atoms with E-state index in [0.717, 1.165) is 5.39 Å². The average molecular weight is 236 g/mol. The van der Waals surface area contributed by atoms with Gasteiger partial charge in [-0.15, -0.1) is 0 Å². The van der Waals surface area contributed by atoms with E-state index < -0.39 is 5.97 Å². The van der Waals surface area contributed by atoms with Crippen LogP contribution in [0.3, 0.4) is 0 Å². The molecule has 2 heterocycles. The van der Waals surface area contributed by atoms with Gasteiger partial charge in [-0.3, -0.25) is 0 Å². The Bertz CT molecular complexity index is 710. The fourth-order valence-electron chi connectivity index (χ4n) is 1.74. The Balaban J connectivity index is 2.40. The van der Waals surface area contributed by atoms with Gasteiger partial charge in [-0.25, -0.2) is 4.79 Å². The third-order valence-corrected chi connectivity index (χ3v) is 2.68. The molecule has 0 saturated heterocycles. The summed E-state index contributed by atoms with van der Waals surface area (Å²) in [6.07, 6.45) is 0. The van der Waals surface area contributed by atoms with Crippen LogP contribution in [-0.4, -0.2) is 16.1 Å². The van der Waals surface area contributed by atoms with Crippen LogP contribution in [-0.2, 0) is 0 Å². The van der Waals surface area contributed by atoms with Crippen LogP contribution in [0.2, 0.25) is 5.02 Å². The van der Waals surface area contributed by atoms with Crippen molar-refractivity contribution in [3.05, 3.63) is 35.0 Å². The molecule has 16 heavy (non-hydrogen) atoms. The number of carboxylic acid groups (broad SMARTS) is 1. The molecule has 0 spiro atoms. The van der Waals surface area contributed by atoms with Gasteiger partial charge in [0.25, 0.3) is 0 Å². The maximum atomic E-state index is 10.8. The van der Waals surface area contributed by atoms with E-state index in [-0.39, 0.29) is 5.69 Å². The summed E-state index contributed by atoms with van der Waals surface area (Å²) in [5.41, 5.74) is 1.97. The van der Waals surface area contributed by atoms with Gasteiger partial charge >= 0.3 is 5.97 Å². The minimum atomic E-state index is -1.01. The predicted octanol–water partition coefficient (Wildman–Crippen LogP) is 3.27. The number of fused-ring (bicyclic) bond motifs is 3. The molecule has 2 aromatic heterocycles. The van der Waals surface area contributed by atoms with Crippen LogP contribution < -0.4 is 0 Å². The van der Waals surface area contributed by atoms with Crippen molar-refractivity contribution < 1.29 is 14.3 Å². The molecule has 0 aliphatic heterocycles. The Morgan fingerprint density at radius 2 is 2.12 bits per heavy atom. The van der Waals surface area contributed by atoms with Crippen LogP contribution in [0, 0.1) is 0 Å². The first-order valence-corrected chi connectivity index (χ1v) is 4.97. The second-order valence-corrected chi connectivity index (χ2v) is 3.91. The third-order valence-electron chi connectivity index (χ3n) is 2.44. The van der Waals surface area contributed by atoms with Gasteiger partial charge in [0, 0.05) is 16.5 Å². The number of rotatable bonds is 1. The highest BCUT2D eigenvalue weighted by atomic mass is 35.5. The summed E-state index contributed by atoms with van der Waals surface area (Å²) in [6.45, 7) is 0. The number of aromatic amines is 1. The molecule has 1 aromatic carbocycles. The monoisotopic (exact) mass is 235 g/mol. The second kappa shape index (κ2) is 3.02. The first kappa shape index (κ1) is 9.30. The van der Waals surface area contributed by atoms with Crippen LogP contribution in [0.5, 0.6) is 0 Å². The first-order chi connectivity index (χ1) is 7.65. The van der Waals surface area contributed by atoms with E-state index in [1.54, 1.807) is 18.2 Å². The quantitative estimate of drug-likeness (QED) is 0.680. The molecule has 4 nitrogen and oxygen atoms in total. The smallest absolute Gasteiger partial charge is 0.352 e. The number of carbonyl (C=O) groups is 1. The summed E-state index contributed by atoms with van der Waals surface area (Å²) in [5, 5.41) is 10.2. The highest BCUT2D eigenvalue weighted by Crippen LogP contribution is 2.30. The van der Waals surface area contributed by atoms with Crippen LogP contribution in [0.25, 0.3) is 22.1 Å². The number of nitrogens with one attached hydrogen (secondary N) is 1. The lowest BCUT2D eigenvalue weighted by Crippen LogP contribution is -1.94. The minimum Gasteiger partial charge on any atom is -0.477 e. The van der Waals surface area contributed by atoms with Crippen molar-refractivity contribution in [1.29, 1.82) is 0 Å². The lowest BCUT2D eigenvalue weighted by Gasteiger charge is -1.90. The molecule has 0 fully saturated rings. The largest absolute Gasteiger partial charge is 0.477 e. The Labute approximate surface area is 94.4 Å². The molecule has 0 aliphatic carbocycles. The third kappa shape index (κ3) is 1.20. The Hall–Kier alpha value is -1.94. The van der Waals surface area contributed by atoms with Gasteiger partial charge in [0.15, 0.2) is 5.58 Å². The number of hydrogen-bond donors (Lipinski definition) is 2. The molecular formula is C11H6ClNO3. The number of aromatic nitrogens is 1. The molecule has 80 valence electrons. The average Bonchev–Trinajstić information content (AvgIpc) is 2.75. The summed E-state index contributed by atoms with van der Waals surface area (Å²) in [4.78, 5) is 13.6. The number of H-pyrrole nitrogens is 1. The minimum absolute atomic E-state index is 0.107. The first-order valence-electron chi connectivity index (χ1n) is 4.59. The fourth-order valence-corrected chi connectivity index (χ4v) is 1.91. The van der Waals surface area contributed by atoms with Crippen molar-refractivity contribution in [2.45, 2.75) is 0 Å². The molecular weight excluding hydrogens is 230 g/mol. The van der Waals surface area contributed by atoms with Crippen LogP contribution in [0.1, 0.15) is 10.5 Å². The Morgan fingerprint density at radius 3 is 2.88 bits per heavy atom. The summed E-state index contributed by atoms with van der Waals surface area (Å²) in [7, 11) is 0. The second-order valence-electron chi connectivity index (χ2n) is 3.47. The number of benzene rings is 1. The van der Waals surface area contributed by atoms with Crippen LogP contribution in [0.4, 0.5) is 0 Å². The van der Waals surface area contributed by atoms with Gasteiger partial charge in [0.05, 0.1) is 5.52 Å². The maximum absolute atomic E-state index is 10.8. The van der Waals surface area contributed by atoms with Crippen LogP contribution >= 0.6 is 11.6 Å². The summed E-state index contributed by atoms with van der Waals surface area (Å²) in [5.74, 6) is -1.01. The van der Waals surface area contributed by atoms with Gasteiger partial charge in [-0.2, -0.15) is 0 Å². The van der Waals surface area contributed by atoms with E-state index in [1.165, 1.54) is 6.07 Å². The molecule has 3 rings (SSSR count). The number of aromatic carboxylic acids is 1. The molecule has 0 bridgehead atoms. The van der Waals surface area contributed by atoms with E-state index in [2.05, 4.69) is 4.98 Å². The van der Waals surface area contributed by atoms with Crippen molar-refractivity contribution in [2.24, 2.45) is 0 Å². The molecule has 5 heteroatoms. The van der Waals surface area contributed by atoms with E-state index in [0.29, 0.717) is 21.7 Å². The summed E-state index contributed by atoms with van der Waals surface area (Å²) >= 11 is 5.87. The zero-order chi connectivity index (χ0) is 11.3. The summed E-state index contributed by atoms with van der Waals surface area (Å²) in [6, 6.07) is 6.69. The standard InChI is InChI=1S/C11H6ClNO3/c12-5-1-2-8-6(3-5)10-9(16-8)4-7(13-10)11(14)15/h1-4,13H,(H,14,15). The topological polar surface area (TPSA) is 66.2 Å². The zero-order valence-electron chi connectivity index (χ0n) is 7.95. The molecule has 2 N–H and O–H groups in total. The molecule has 3 aromatic rings. The van der Waals surface area contributed by atoms with Gasteiger partial charge in [-0.1, -0.05) is 11.6 Å². The fraction of sp³-hybridized carbons (Fsp3) is 0. The predicted molar refractivity (Wildman–Crippen MR) is 60.0 cm³/mol. The molecule has 0 aliphatic rings. The van der Waals surface area contributed by atoms with Gasteiger partial charge in [0.1, 0.15) is 11.3 Å². The van der Waals surface area contributed by atoms with E-state index in [1.807, 2.05) is 0 Å². The molecule has 0 unspecified atom stereocenters. The number of furan rings is 1. The molecule has 0 radical (unpaired) electrons. The Kier molecular flexibility index (Phi) is 1.76. The molecule has 0 amide bonds. The van der Waals surface area contributed by atoms with E-state index in [4.69, 9.17) is 21.1 Å².